The lowest BCUT2D eigenvalue weighted by Gasteiger charge is -2.36. The molecule has 0 aromatic rings. The highest BCUT2D eigenvalue weighted by atomic mass is 16.2. The number of hydrogen-bond acceptors (Lipinski definition) is 4. The topological polar surface area (TPSA) is 64.4 Å². The molecule has 0 unspecified atom stereocenters. The van der Waals surface area contributed by atoms with E-state index in [2.05, 4.69) is 11.0 Å². The Morgan fingerprint density at radius 3 is 2.17 bits per heavy atom. The summed E-state index contributed by atoms with van der Waals surface area (Å²) in [6, 6.07) is 2.19. The fourth-order valence-corrected chi connectivity index (χ4v) is 2.78. The van der Waals surface area contributed by atoms with Gasteiger partial charge in [-0.15, -0.1) is 0 Å². The highest BCUT2D eigenvalue weighted by Crippen LogP contribution is 2.22. The molecule has 2 aliphatic heterocycles. The van der Waals surface area contributed by atoms with Crippen LogP contribution >= 0.6 is 0 Å². The van der Waals surface area contributed by atoms with Crippen molar-refractivity contribution in [1.29, 1.82) is 5.26 Å². The first kappa shape index (κ1) is 13.0. The van der Waals surface area contributed by atoms with Crippen LogP contribution in [0.15, 0.2) is 0 Å². The maximum Gasteiger partial charge on any atom is 0.229 e. The molecular formula is C13H19N3O2. The zero-order valence-electron chi connectivity index (χ0n) is 10.6. The maximum absolute atomic E-state index is 12.0. The molecule has 0 aromatic carbocycles. The van der Waals surface area contributed by atoms with Crippen molar-refractivity contribution in [3.8, 4) is 6.07 Å². The summed E-state index contributed by atoms with van der Waals surface area (Å²) in [5, 5.41) is 8.64. The fraction of sp³-hybridized carbons (Fsp3) is 0.769. The lowest BCUT2D eigenvalue weighted by molar-refractivity contribution is -0.147. The van der Waals surface area contributed by atoms with Crippen LogP contribution in [0.4, 0.5) is 0 Å². The van der Waals surface area contributed by atoms with Crippen LogP contribution in [-0.4, -0.2) is 47.3 Å². The van der Waals surface area contributed by atoms with Crippen LogP contribution < -0.4 is 0 Å². The smallest absolute Gasteiger partial charge is 0.229 e. The lowest BCUT2D eigenvalue weighted by atomic mass is 10.0. The number of imide groups is 1. The van der Waals surface area contributed by atoms with Crippen LogP contribution in [0.25, 0.3) is 0 Å². The van der Waals surface area contributed by atoms with Crippen LogP contribution in [0, 0.1) is 11.3 Å². The van der Waals surface area contributed by atoms with E-state index in [1.54, 1.807) is 0 Å². The van der Waals surface area contributed by atoms with Crippen LogP contribution in [-0.2, 0) is 9.59 Å². The van der Waals surface area contributed by atoms with Crippen molar-refractivity contribution in [1.82, 2.24) is 9.80 Å². The molecule has 2 saturated heterocycles. The molecule has 2 rings (SSSR count). The molecule has 0 N–H and O–H groups in total. The first-order valence-electron chi connectivity index (χ1n) is 6.66. The summed E-state index contributed by atoms with van der Waals surface area (Å²) in [6.45, 7) is 2.04. The van der Waals surface area contributed by atoms with E-state index in [9.17, 15) is 9.59 Å². The van der Waals surface area contributed by atoms with Gasteiger partial charge >= 0.3 is 0 Å². The molecule has 18 heavy (non-hydrogen) atoms. The molecule has 2 fully saturated rings. The summed E-state index contributed by atoms with van der Waals surface area (Å²) in [7, 11) is 0. The number of nitrogens with zero attached hydrogens (tertiary/aromatic N) is 3. The van der Waals surface area contributed by atoms with Crippen molar-refractivity contribution in [2.75, 3.05) is 19.6 Å². The number of rotatable bonds is 2. The highest BCUT2D eigenvalue weighted by molar-refractivity contribution is 5.96. The first-order valence-corrected chi connectivity index (χ1v) is 6.66. The van der Waals surface area contributed by atoms with E-state index < -0.39 is 0 Å². The molecule has 2 aliphatic rings. The van der Waals surface area contributed by atoms with Crippen molar-refractivity contribution >= 4 is 11.8 Å². The quantitative estimate of drug-likeness (QED) is 0.539. The minimum absolute atomic E-state index is 0.00349. The number of carbonyl (C=O) groups is 2. The van der Waals surface area contributed by atoms with Crippen molar-refractivity contribution in [3.63, 3.8) is 0 Å². The second kappa shape index (κ2) is 5.96. The minimum atomic E-state index is -0.00349. The van der Waals surface area contributed by atoms with E-state index in [4.69, 9.17) is 5.26 Å². The van der Waals surface area contributed by atoms with Gasteiger partial charge in [0.25, 0.3) is 0 Å². The molecule has 0 saturated carbocycles. The zero-order chi connectivity index (χ0) is 13.0. The second-order valence-corrected chi connectivity index (χ2v) is 5.03. The van der Waals surface area contributed by atoms with E-state index in [-0.39, 0.29) is 17.9 Å². The first-order chi connectivity index (χ1) is 8.72. The third kappa shape index (κ3) is 2.88. The van der Waals surface area contributed by atoms with Gasteiger partial charge in [0.1, 0.15) is 0 Å². The third-order valence-corrected chi connectivity index (χ3v) is 3.79. The SMILES string of the molecule is N#CCN1CCC(N2C(=O)CCCCC2=O)CC1. The van der Waals surface area contributed by atoms with Crippen molar-refractivity contribution in [3.05, 3.63) is 0 Å². The van der Waals surface area contributed by atoms with Crippen LogP contribution in [0.1, 0.15) is 38.5 Å². The van der Waals surface area contributed by atoms with Crippen LogP contribution in [0.5, 0.6) is 0 Å². The van der Waals surface area contributed by atoms with Gasteiger partial charge in [-0.05, 0) is 25.7 Å². The molecule has 0 bridgehead atoms. The Kier molecular flexibility index (Phi) is 4.32. The molecule has 2 amide bonds. The van der Waals surface area contributed by atoms with E-state index in [1.807, 2.05) is 0 Å². The molecule has 0 aliphatic carbocycles. The van der Waals surface area contributed by atoms with Crippen LogP contribution in [0.3, 0.4) is 0 Å². The maximum atomic E-state index is 12.0. The Hall–Kier alpha value is -1.41. The fourth-order valence-electron chi connectivity index (χ4n) is 2.78. The lowest BCUT2D eigenvalue weighted by Crippen LogP contribution is -2.49. The van der Waals surface area contributed by atoms with Gasteiger partial charge in [-0.1, -0.05) is 0 Å². The number of amides is 2. The largest absolute Gasteiger partial charge is 0.290 e. The normalized spacial score (nSPS) is 23.8. The number of likely N-dealkylation sites (tertiary alicyclic amines) is 2. The number of hydrogen-bond donors (Lipinski definition) is 0. The summed E-state index contributed by atoms with van der Waals surface area (Å²) >= 11 is 0. The summed E-state index contributed by atoms with van der Waals surface area (Å²) in [5.74, 6) is -0.00698. The van der Waals surface area contributed by atoms with Gasteiger partial charge in [0.15, 0.2) is 0 Å². The minimum Gasteiger partial charge on any atom is -0.290 e. The Morgan fingerprint density at radius 1 is 1.11 bits per heavy atom. The number of carbonyl (C=O) groups excluding carboxylic acids is 2. The van der Waals surface area contributed by atoms with Crippen LogP contribution in [0.2, 0.25) is 0 Å². The average molecular weight is 249 g/mol. The van der Waals surface area contributed by atoms with Gasteiger partial charge in [-0.2, -0.15) is 5.26 Å². The third-order valence-electron chi connectivity index (χ3n) is 3.79. The van der Waals surface area contributed by atoms with E-state index in [0.717, 1.165) is 38.8 Å². The molecule has 2 heterocycles. The Bertz CT molecular complexity index is 349. The van der Waals surface area contributed by atoms with E-state index >= 15 is 0 Å². The molecule has 0 aromatic heterocycles. The van der Waals surface area contributed by atoms with Gasteiger partial charge in [0, 0.05) is 32.0 Å². The molecular weight excluding hydrogens is 230 g/mol. The van der Waals surface area contributed by atoms with Gasteiger partial charge in [-0.25, -0.2) is 0 Å². The molecule has 5 nitrogen and oxygen atoms in total. The molecule has 0 spiro atoms. The van der Waals surface area contributed by atoms with Gasteiger partial charge in [-0.3, -0.25) is 19.4 Å². The van der Waals surface area contributed by atoms with E-state index in [1.165, 1.54) is 4.90 Å². The molecule has 5 heteroatoms. The standard InChI is InChI=1S/C13H19N3O2/c14-7-10-15-8-5-11(6-9-15)16-12(17)3-1-2-4-13(16)18/h11H,1-6,8-10H2. The second-order valence-electron chi connectivity index (χ2n) is 5.03. The summed E-state index contributed by atoms with van der Waals surface area (Å²) in [4.78, 5) is 27.5. The van der Waals surface area contributed by atoms with Crippen molar-refractivity contribution in [2.45, 2.75) is 44.6 Å². The molecule has 0 atom stereocenters. The monoisotopic (exact) mass is 249 g/mol. The number of nitriles is 1. The highest BCUT2D eigenvalue weighted by Gasteiger charge is 2.33. The number of piperidine rings is 1. The average Bonchev–Trinajstić information content (AvgIpc) is 2.53. The zero-order valence-corrected chi connectivity index (χ0v) is 10.6. The van der Waals surface area contributed by atoms with Crippen molar-refractivity contribution in [2.24, 2.45) is 0 Å². The van der Waals surface area contributed by atoms with Gasteiger partial charge in [0.05, 0.1) is 12.6 Å². The molecule has 98 valence electrons. The Morgan fingerprint density at radius 2 is 1.67 bits per heavy atom. The summed E-state index contributed by atoms with van der Waals surface area (Å²) in [6.07, 6.45) is 4.27. The van der Waals surface area contributed by atoms with E-state index in [0.29, 0.717) is 19.4 Å². The predicted molar refractivity (Wildman–Crippen MR) is 65.4 cm³/mol. The Balaban J connectivity index is 1.97. The van der Waals surface area contributed by atoms with Gasteiger partial charge in [0.2, 0.25) is 11.8 Å². The summed E-state index contributed by atoms with van der Waals surface area (Å²) in [5.41, 5.74) is 0. The van der Waals surface area contributed by atoms with Crippen molar-refractivity contribution < 1.29 is 9.59 Å². The van der Waals surface area contributed by atoms with Gasteiger partial charge < -0.3 is 0 Å². The molecule has 0 radical (unpaired) electrons. The summed E-state index contributed by atoms with van der Waals surface area (Å²) < 4.78 is 0. The predicted octanol–water partition coefficient (Wildman–Crippen LogP) is 0.904. The Labute approximate surface area is 107 Å².